The number of allylic oxidation sites excluding steroid dienone is 4. The van der Waals surface area contributed by atoms with Crippen LogP contribution < -0.4 is 0 Å². The maximum atomic E-state index is 2.37. The van der Waals surface area contributed by atoms with E-state index in [1.807, 2.05) is 0 Å². The molecule has 0 N–H and O–H groups in total. The van der Waals surface area contributed by atoms with E-state index in [9.17, 15) is 0 Å². The summed E-state index contributed by atoms with van der Waals surface area (Å²) in [6, 6.07) is 0. The molecule has 0 spiro atoms. The van der Waals surface area contributed by atoms with Gasteiger partial charge in [-0.15, -0.1) is 4.44 Å². The second-order valence-corrected chi connectivity index (χ2v) is 9.98. The molecule has 138 valence electrons. The second kappa shape index (κ2) is 17.8. The fourth-order valence-corrected chi connectivity index (χ4v) is 5.49. The third kappa shape index (κ3) is 14.4. The van der Waals surface area contributed by atoms with Crippen molar-refractivity contribution in [1.29, 1.82) is 0 Å². The Hall–Kier alpha value is 0.0125. The molecule has 0 aromatic carbocycles. The van der Waals surface area contributed by atoms with Crippen LogP contribution in [0.25, 0.3) is 0 Å². The molecule has 0 fully saturated rings. The highest BCUT2D eigenvalue weighted by atomic mass is 27.1. The molecule has 0 amide bonds. The summed E-state index contributed by atoms with van der Waals surface area (Å²) < 4.78 is 1.79. The van der Waals surface area contributed by atoms with Crippen molar-refractivity contribution in [3.05, 3.63) is 22.7 Å². The lowest BCUT2D eigenvalue weighted by Crippen LogP contribution is -1.93. The van der Waals surface area contributed by atoms with Crippen molar-refractivity contribution >= 4 is 15.2 Å². The fraction of sp³-hybridized carbons (Fsp3) is 0.826. The minimum Gasteiger partial charge on any atom is -0.132 e. The van der Waals surface area contributed by atoms with E-state index in [1.54, 1.807) is 9.72 Å². The van der Waals surface area contributed by atoms with Crippen molar-refractivity contribution in [2.24, 2.45) is 0 Å². The van der Waals surface area contributed by atoms with Crippen molar-refractivity contribution < 1.29 is 0 Å². The molecule has 0 saturated heterocycles. The van der Waals surface area contributed by atoms with E-state index in [-0.39, 0.29) is 15.2 Å². The molecule has 1 rings (SSSR count). The number of hydrogen-bond donors (Lipinski definition) is 0. The SMILES string of the molecule is CCCCCCCCCCCCCCCCC[CH2][AlH][C]1=CC=CC1. The second-order valence-electron chi connectivity index (χ2n) is 7.86. The Labute approximate surface area is 159 Å². The van der Waals surface area contributed by atoms with Crippen molar-refractivity contribution in [1.82, 2.24) is 0 Å². The largest absolute Gasteiger partial charge is 0.276 e. The van der Waals surface area contributed by atoms with Gasteiger partial charge in [-0.2, -0.15) is 0 Å². The van der Waals surface area contributed by atoms with Crippen LogP contribution in [0.2, 0.25) is 5.28 Å². The molecular formula is C23H43Al. The van der Waals surface area contributed by atoms with Crippen molar-refractivity contribution in [2.75, 3.05) is 0 Å². The summed E-state index contributed by atoms with van der Waals surface area (Å²) in [5, 5.41) is 1.55. The Kier molecular flexibility index (Phi) is 16.4. The minimum absolute atomic E-state index is 0.122. The molecule has 0 saturated carbocycles. The Morgan fingerprint density at radius 2 is 1.12 bits per heavy atom. The summed E-state index contributed by atoms with van der Waals surface area (Å²) in [6.45, 7) is 2.30. The van der Waals surface area contributed by atoms with Crippen LogP contribution in [-0.2, 0) is 0 Å². The molecule has 0 bridgehead atoms. The lowest BCUT2D eigenvalue weighted by molar-refractivity contribution is 0.531. The molecule has 0 atom stereocenters. The molecule has 1 heteroatoms. The molecule has 0 radical (unpaired) electrons. The van der Waals surface area contributed by atoms with E-state index in [4.69, 9.17) is 0 Å². The van der Waals surface area contributed by atoms with E-state index >= 15 is 0 Å². The molecule has 0 heterocycles. The normalized spacial score (nSPS) is 13.5. The molecule has 24 heavy (non-hydrogen) atoms. The molecular weight excluding hydrogens is 303 g/mol. The first-order valence-electron chi connectivity index (χ1n) is 11.3. The van der Waals surface area contributed by atoms with Gasteiger partial charge in [-0.1, -0.05) is 133 Å². The van der Waals surface area contributed by atoms with Crippen LogP contribution in [0.5, 0.6) is 0 Å². The predicted octanol–water partition coefficient (Wildman–Crippen LogP) is 7.95. The van der Waals surface area contributed by atoms with Crippen LogP contribution in [0, 0.1) is 0 Å². The van der Waals surface area contributed by atoms with Gasteiger partial charge in [0.15, 0.2) is 0 Å². The topological polar surface area (TPSA) is 0 Å². The highest BCUT2D eigenvalue weighted by molar-refractivity contribution is 6.45. The van der Waals surface area contributed by atoms with Crippen LogP contribution in [-0.4, -0.2) is 15.2 Å². The standard InChI is InChI=1S/C18H37.C5H5.Al.H/c1-3-5-7-9-11-13-15-17-18-16-14-12-10-8-6-4-2;1-2-4-5-3-1;;/h1,3-18H2,2H3;1-3H,4H2;;. The van der Waals surface area contributed by atoms with Gasteiger partial charge in [0, 0.05) is 0 Å². The van der Waals surface area contributed by atoms with E-state index in [1.165, 1.54) is 109 Å². The Morgan fingerprint density at radius 1 is 0.667 bits per heavy atom. The van der Waals surface area contributed by atoms with Gasteiger partial charge in [-0.05, 0) is 6.42 Å². The first kappa shape index (κ1) is 22.1. The summed E-state index contributed by atoms with van der Waals surface area (Å²) in [4.78, 5) is 0. The molecule has 0 aliphatic heterocycles. The third-order valence-electron chi connectivity index (χ3n) is 5.45. The molecule has 0 nitrogen and oxygen atoms in total. The number of unbranched alkanes of at least 4 members (excludes halogenated alkanes) is 15. The maximum absolute atomic E-state index is 2.37. The summed E-state index contributed by atoms with van der Waals surface area (Å²) in [5.74, 6) is 0. The zero-order valence-corrected chi connectivity index (χ0v) is 18.1. The highest BCUT2D eigenvalue weighted by Gasteiger charge is 2.02. The smallest absolute Gasteiger partial charge is 0.132 e. The van der Waals surface area contributed by atoms with Gasteiger partial charge in [-0.25, -0.2) is 0 Å². The van der Waals surface area contributed by atoms with Gasteiger partial charge in [0.05, 0.1) is 0 Å². The van der Waals surface area contributed by atoms with Crippen LogP contribution in [0.3, 0.4) is 0 Å². The Bertz CT molecular complexity index is 316. The minimum atomic E-state index is 0.122. The molecule has 0 unspecified atom stereocenters. The molecule has 1 aliphatic carbocycles. The monoisotopic (exact) mass is 346 g/mol. The number of rotatable bonds is 18. The van der Waals surface area contributed by atoms with E-state index < -0.39 is 0 Å². The average molecular weight is 347 g/mol. The highest BCUT2D eigenvalue weighted by Crippen LogP contribution is 2.15. The maximum Gasteiger partial charge on any atom is 0.276 e. The Balaban J connectivity index is 1.65. The lowest BCUT2D eigenvalue weighted by Gasteiger charge is -2.03. The summed E-state index contributed by atoms with van der Waals surface area (Å²) >= 11 is 0.122. The summed E-state index contributed by atoms with van der Waals surface area (Å²) in [7, 11) is 0. The zero-order chi connectivity index (χ0) is 17.1. The molecule has 1 aliphatic rings. The van der Waals surface area contributed by atoms with E-state index in [0.717, 1.165) is 0 Å². The van der Waals surface area contributed by atoms with Gasteiger partial charge in [0.1, 0.15) is 0 Å². The van der Waals surface area contributed by atoms with Crippen molar-refractivity contribution in [2.45, 2.75) is 121 Å². The fourth-order valence-electron chi connectivity index (χ4n) is 3.75. The quantitative estimate of drug-likeness (QED) is 0.174. The lowest BCUT2D eigenvalue weighted by atomic mass is 10.0. The van der Waals surface area contributed by atoms with Gasteiger partial charge in [0.25, 0.3) is 15.2 Å². The first-order valence-corrected chi connectivity index (χ1v) is 13.0. The predicted molar refractivity (Wildman–Crippen MR) is 113 cm³/mol. The zero-order valence-electron chi connectivity index (χ0n) is 16.7. The average Bonchev–Trinajstić information content (AvgIpc) is 3.11. The van der Waals surface area contributed by atoms with Crippen molar-refractivity contribution in [3.63, 3.8) is 0 Å². The summed E-state index contributed by atoms with van der Waals surface area (Å²) in [6.07, 6.45) is 31.9. The third-order valence-corrected chi connectivity index (χ3v) is 7.47. The van der Waals surface area contributed by atoms with Crippen LogP contribution in [0.1, 0.15) is 116 Å². The van der Waals surface area contributed by atoms with E-state index in [2.05, 4.69) is 25.2 Å². The Morgan fingerprint density at radius 3 is 1.54 bits per heavy atom. The van der Waals surface area contributed by atoms with Crippen LogP contribution in [0.15, 0.2) is 22.7 Å². The van der Waals surface area contributed by atoms with Crippen LogP contribution in [0.4, 0.5) is 0 Å². The van der Waals surface area contributed by atoms with Gasteiger partial charge in [-0.3, -0.25) is 0 Å². The summed E-state index contributed by atoms with van der Waals surface area (Å²) in [5.41, 5.74) is 0. The van der Waals surface area contributed by atoms with Gasteiger partial charge < -0.3 is 0 Å². The molecule has 0 aromatic rings. The number of hydrogen-bond acceptors (Lipinski definition) is 0. The van der Waals surface area contributed by atoms with Gasteiger partial charge >= 0.3 is 0 Å². The van der Waals surface area contributed by atoms with Crippen molar-refractivity contribution in [3.8, 4) is 0 Å². The van der Waals surface area contributed by atoms with E-state index in [0.29, 0.717) is 0 Å². The first-order chi connectivity index (χ1) is 11.9. The van der Waals surface area contributed by atoms with Crippen LogP contribution >= 0.6 is 0 Å². The molecule has 0 aromatic heterocycles. The van der Waals surface area contributed by atoms with Gasteiger partial charge in [0.2, 0.25) is 0 Å².